The van der Waals surface area contributed by atoms with Crippen LogP contribution >= 0.6 is 15.9 Å². The summed E-state index contributed by atoms with van der Waals surface area (Å²) < 4.78 is 50.4. The number of hydrogen-bond acceptors (Lipinski definition) is 4. The predicted molar refractivity (Wildman–Crippen MR) is 103 cm³/mol. The van der Waals surface area contributed by atoms with Crippen LogP contribution in [0.3, 0.4) is 0 Å². The summed E-state index contributed by atoms with van der Waals surface area (Å²) in [5, 5.41) is 3.05. The molecule has 4 nitrogen and oxygen atoms in total. The zero-order chi connectivity index (χ0) is 18.7. The van der Waals surface area contributed by atoms with Gasteiger partial charge in [-0.05, 0) is 48.7 Å². The van der Waals surface area contributed by atoms with E-state index in [-0.39, 0.29) is 10.6 Å². The molecular formula is C18H19BrF2N2O2S. The Morgan fingerprint density at radius 2 is 1.85 bits per heavy atom. The predicted octanol–water partition coefficient (Wildman–Crippen LogP) is 4.38. The summed E-state index contributed by atoms with van der Waals surface area (Å²) in [5.41, 5.74) is 1.37. The molecule has 1 unspecified atom stereocenters. The Kier molecular flexibility index (Phi) is 5.82. The second-order valence-corrected chi connectivity index (χ2v) is 9.06. The van der Waals surface area contributed by atoms with Crippen molar-refractivity contribution in [3.05, 3.63) is 53.0 Å². The molecular weight excluding hydrogens is 426 g/mol. The fourth-order valence-electron chi connectivity index (χ4n) is 3.10. The fraction of sp³-hybridized carbons (Fsp3) is 0.333. The number of nitrogens with one attached hydrogen (secondary N) is 1. The Labute approximate surface area is 160 Å². The first-order valence-corrected chi connectivity index (χ1v) is 10.6. The SMILES string of the molecule is O=S(=O)(c1ccccc1NCC1CCN(c2ccc(Br)cc2)C1)C(F)F. The van der Waals surface area contributed by atoms with E-state index in [1.807, 2.05) is 24.3 Å². The van der Waals surface area contributed by atoms with Gasteiger partial charge in [-0.25, -0.2) is 8.42 Å². The van der Waals surface area contributed by atoms with Gasteiger partial charge in [-0.1, -0.05) is 28.1 Å². The van der Waals surface area contributed by atoms with Crippen molar-refractivity contribution in [1.29, 1.82) is 0 Å². The lowest BCUT2D eigenvalue weighted by Crippen LogP contribution is -2.23. The van der Waals surface area contributed by atoms with Gasteiger partial charge >= 0.3 is 5.76 Å². The molecule has 1 N–H and O–H groups in total. The van der Waals surface area contributed by atoms with Crippen LogP contribution in [0.4, 0.5) is 20.2 Å². The third-order valence-corrected chi connectivity index (χ3v) is 6.45. The van der Waals surface area contributed by atoms with Gasteiger partial charge in [-0.2, -0.15) is 8.78 Å². The molecule has 3 rings (SSSR count). The molecule has 2 aromatic carbocycles. The maximum Gasteiger partial charge on any atom is 0.341 e. The standard InChI is InChI=1S/C18H19BrF2N2O2S/c19-14-5-7-15(8-6-14)23-10-9-13(12-23)11-22-16-3-1-2-4-17(16)26(24,25)18(20)21/h1-8,13,18,22H,9-12H2. The Morgan fingerprint density at radius 1 is 1.15 bits per heavy atom. The number of anilines is 2. The van der Waals surface area contributed by atoms with E-state index < -0.39 is 15.6 Å². The van der Waals surface area contributed by atoms with Crippen molar-refractivity contribution in [1.82, 2.24) is 0 Å². The third kappa shape index (κ3) is 4.17. The zero-order valence-corrected chi connectivity index (χ0v) is 16.3. The Balaban J connectivity index is 1.65. The molecule has 1 saturated heterocycles. The summed E-state index contributed by atoms with van der Waals surface area (Å²) in [4.78, 5) is 1.92. The summed E-state index contributed by atoms with van der Waals surface area (Å²) in [6.07, 6.45) is 0.951. The molecule has 1 heterocycles. The third-order valence-electron chi connectivity index (χ3n) is 4.49. The topological polar surface area (TPSA) is 49.4 Å². The summed E-state index contributed by atoms with van der Waals surface area (Å²) in [6.45, 7) is 2.27. The van der Waals surface area contributed by atoms with Gasteiger partial charge in [0.15, 0.2) is 0 Å². The maximum absolute atomic E-state index is 12.9. The van der Waals surface area contributed by atoms with Gasteiger partial charge in [0, 0.05) is 29.8 Å². The molecule has 1 atom stereocenters. The first kappa shape index (κ1) is 19.1. The van der Waals surface area contributed by atoms with Crippen LogP contribution in [0.5, 0.6) is 0 Å². The molecule has 8 heteroatoms. The van der Waals surface area contributed by atoms with Crippen molar-refractivity contribution >= 4 is 37.1 Å². The van der Waals surface area contributed by atoms with Crippen LogP contribution in [0.15, 0.2) is 57.9 Å². The molecule has 0 saturated carbocycles. The quantitative estimate of drug-likeness (QED) is 0.717. The summed E-state index contributed by atoms with van der Waals surface area (Å²) in [7, 11) is -4.62. The van der Waals surface area contributed by atoms with Crippen LogP contribution in [0, 0.1) is 5.92 Å². The van der Waals surface area contributed by atoms with Crippen molar-refractivity contribution in [2.24, 2.45) is 5.92 Å². The van der Waals surface area contributed by atoms with E-state index in [2.05, 4.69) is 26.1 Å². The molecule has 0 spiro atoms. The van der Waals surface area contributed by atoms with E-state index in [0.717, 1.165) is 29.7 Å². The van der Waals surface area contributed by atoms with Crippen molar-refractivity contribution in [2.75, 3.05) is 29.9 Å². The van der Waals surface area contributed by atoms with Crippen LogP contribution in [0.1, 0.15) is 6.42 Å². The molecule has 1 aliphatic heterocycles. The molecule has 0 aromatic heterocycles. The summed E-state index contributed by atoms with van der Waals surface area (Å²) in [5.74, 6) is -3.12. The minimum atomic E-state index is -4.62. The lowest BCUT2D eigenvalue weighted by Gasteiger charge is -2.19. The number of hydrogen-bond donors (Lipinski definition) is 1. The van der Waals surface area contributed by atoms with Gasteiger partial charge in [0.05, 0.1) is 10.6 Å². The largest absolute Gasteiger partial charge is 0.384 e. The minimum Gasteiger partial charge on any atom is -0.384 e. The number of alkyl halides is 2. The maximum atomic E-state index is 12.9. The molecule has 26 heavy (non-hydrogen) atoms. The highest BCUT2D eigenvalue weighted by molar-refractivity contribution is 9.10. The smallest absolute Gasteiger partial charge is 0.341 e. The van der Waals surface area contributed by atoms with Crippen molar-refractivity contribution in [2.45, 2.75) is 17.1 Å². The average Bonchev–Trinajstić information content (AvgIpc) is 3.09. The van der Waals surface area contributed by atoms with E-state index in [0.29, 0.717) is 12.5 Å². The second-order valence-electron chi connectivity index (χ2n) is 6.26. The Morgan fingerprint density at radius 3 is 2.54 bits per heavy atom. The number of halogens is 3. The summed E-state index contributed by atoms with van der Waals surface area (Å²) >= 11 is 3.42. The first-order chi connectivity index (χ1) is 12.4. The normalized spacial score (nSPS) is 17.7. The van der Waals surface area contributed by atoms with E-state index >= 15 is 0 Å². The van der Waals surface area contributed by atoms with Gasteiger partial charge in [0.2, 0.25) is 9.84 Å². The van der Waals surface area contributed by atoms with Crippen molar-refractivity contribution in [3.63, 3.8) is 0 Å². The van der Waals surface area contributed by atoms with Crippen LogP contribution in [0.2, 0.25) is 0 Å². The summed E-state index contributed by atoms with van der Waals surface area (Å²) in [6, 6.07) is 13.9. The molecule has 1 fully saturated rings. The lowest BCUT2D eigenvalue weighted by molar-refractivity contribution is 0.235. The van der Waals surface area contributed by atoms with E-state index in [1.165, 1.54) is 18.2 Å². The first-order valence-electron chi connectivity index (χ1n) is 8.23. The van der Waals surface area contributed by atoms with Crippen LogP contribution < -0.4 is 10.2 Å². The van der Waals surface area contributed by atoms with Gasteiger partial charge in [0.1, 0.15) is 0 Å². The van der Waals surface area contributed by atoms with Gasteiger partial charge in [-0.15, -0.1) is 0 Å². The van der Waals surface area contributed by atoms with E-state index in [9.17, 15) is 17.2 Å². The zero-order valence-electron chi connectivity index (χ0n) is 13.9. The van der Waals surface area contributed by atoms with Crippen LogP contribution in [-0.2, 0) is 9.84 Å². The number of rotatable bonds is 6. The fourth-order valence-corrected chi connectivity index (χ4v) is 4.27. The van der Waals surface area contributed by atoms with E-state index in [1.54, 1.807) is 6.07 Å². The molecule has 0 radical (unpaired) electrons. The monoisotopic (exact) mass is 444 g/mol. The second kappa shape index (κ2) is 7.92. The number of benzene rings is 2. The molecule has 1 aliphatic rings. The number of nitrogens with zero attached hydrogens (tertiary/aromatic N) is 1. The molecule has 0 bridgehead atoms. The minimum absolute atomic E-state index is 0.231. The van der Waals surface area contributed by atoms with Crippen LogP contribution in [-0.4, -0.2) is 33.8 Å². The molecule has 140 valence electrons. The molecule has 0 amide bonds. The molecule has 0 aliphatic carbocycles. The lowest BCUT2D eigenvalue weighted by atomic mass is 10.1. The van der Waals surface area contributed by atoms with Crippen LogP contribution in [0.25, 0.3) is 0 Å². The highest BCUT2D eigenvalue weighted by Gasteiger charge is 2.29. The van der Waals surface area contributed by atoms with Crippen molar-refractivity contribution in [3.8, 4) is 0 Å². The Hall–Kier alpha value is -1.67. The van der Waals surface area contributed by atoms with Gasteiger partial charge in [0.25, 0.3) is 0 Å². The van der Waals surface area contributed by atoms with Gasteiger partial charge in [-0.3, -0.25) is 0 Å². The van der Waals surface area contributed by atoms with Crippen molar-refractivity contribution < 1.29 is 17.2 Å². The van der Waals surface area contributed by atoms with Gasteiger partial charge < -0.3 is 10.2 Å². The highest BCUT2D eigenvalue weighted by Crippen LogP contribution is 2.28. The number of sulfone groups is 1. The van der Waals surface area contributed by atoms with E-state index in [4.69, 9.17) is 0 Å². The average molecular weight is 445 g/mol. The number of para-hydroxylation sites is 1. The Bertz CT molecular complexity index is 860. The highest BCUT2D eigenvalue weighted by atomic mass is 79.9. The molecule has 2 aromatic rings.